The minimum atomic E-state index is -0.609. The van der Waals surface area contributed by atoms with Gasteiger partial charge in [-0.3, -0.25) is 14.8 Å². The Labute approximate surface area is 229 Å². The van der Waals surface area contributed by atoms with Crippen molar-refractivity contribution in [2.24, 2.45) is 55.4 Å². The predicted molar refractivity (Wildman–Crippen MR) is 148 cm³/mol. The molecule has 212 valence electrons. The summed E-state index contributed by atoms with van der Waals surface area (Å²) in [5.74, 6) is 0.638. The third-order valence-electron chi connectivity index (χ3n) is 13.4. The lowest BCUT2D eigenvalue weighted by Gasteiger charge is -2.70. The Morgan fingerprint density at radius 1 is 1.03 bits per heavy atom. The van der Waals surface area contributed by atoms with Gasteiger partial charge in [-0.05, 0) is 97.4 Å². The molecule has 0 heterocycles. The van der Waals surface area contributed by atoms with Crippen molar-refractivity contribution >= 4 is 17.4 Å². The zero-order chi connectivity index (χ0) is 28.1. The molecular weight excluding hydrogens is 476 g/mol. The molecule has 5 aliphatic rings. The number of carbonyl (C=O) groups is 2. The van der Waals surface area contributed by atoms with Gasteiger partial charge in [0.05, 0.1) is 5.71 Å². The van der Waals surface area contributed by atoms with Gasteiger partial charge in [-0.15, -0.1) is 0 Å². The summed E-state index contributed by atoms with van der Waals surface area (Å²) < 4.78 is 0. The first-order valence-corrected chi connectivity index (χ1v) is 14.8. The Morgan fingerprint density at radius 2 is 1.68 bits per heavy atom. The van der Waals surface area contributed by atoms with Gasteiger partial charge in [-0.2, -0.15) is 0 Å². The molecule has 6 nitrogen and oxygen atoms in total. The molecule has 1 amide bonds. The van der Waals surface area contributed by atoms with Gasteiger partial charge in [0.2, 0.25) is 0 Å². The SMILES string of the molecule is CON=C1CC[C@@]2(C)C(CC[C@]3(C)C2C(=O)C=C2C4C[C@@](C)(C(=O)N(C)O)CC[C@]4(C)CC[C@]23C)C1(C)C. The molecule has 0 aromatic heterocycles. The molecule has 0 radical (unpaired) electrons. The Hall–Kier alpha value is -1.69. The average molecular weight is 527 g/mol. The van der Waals surface area contributed by atoms with Gasteiger partial charge >= 0.3 is 0 Å². The van der Waals surface area contributed by atoms with E-state index in [1.54, 1.807) is 7.11 Å². The Balaban J connectivity index is 1.59. The molecular formula is C32H50N2O4. The number of hydrogen-bond donors (Lipinski definition) is 1. The molecule has 5 aliphatic carbocycles. The summed E-state index contributed by atoms with van der Waals surface area (Å²) in [6.45, 7) is 16.3. The van der Waals surface area contributed by atoms with Crippen LogP contribution >= 0.6 is 0 Å². The molecule has 6 heteroatoms. The number of hydroxylamine groups is 2. The van der Waals surface area contributed by atoms with Gasteiger partial charge < -0.3 is 4.84 Å². The normalized spacial score (nSPS) is 48.7. The Bertz CT molecular complexity index is 1110. The van der Waals surface area contributed by atoms with Crippen molar-refractivity contribution < 1.29 is 19.6 Å². The van der Waals surface area contributed by atoms with Crippen LogP contribution in [0.15, 0.2) is 16.8 Å². The van der Waals surface area contributed by atoms with Gasteiger partial charge in [-0.1, -0.05) is 59.2 Å². The van der Waals surface area contributed by atoms with Crippen molar-refractivity contribution in [2.75, 3.05) is 14.2 Å². The number of carbonyl (C=O) groups excluding carboxylic acids is 2. The van der Waals surface area contributed by atoms with Crippen LogP contribution in [0.5, 0.6) is 0 Å². The fraction of sp³-hybridized carbons (Fsp3) is 0.844. The molecule has 38 heavy (non-hydrogen) atoms. The largest absolute Gasteiger partial charge is 0.399 e. The van der Waals surface area contributed by atoms with E-state index in [0.717, 1.165) is 62.1 Å². The first kappa shape index (κ1) is 27.9. The number of nitrogens with zero attached hydrogens (tertiary/aromatic N) is 2. The maximum Gasteiger partial charge on any atom is 0.251 e. The monoisotopic (exact) mass is 526 g/mol. The fourth-order valence-electron chi connectivity index (χ4n) is 10.8. The van der Waals surface area contributed by atoms with Crippen LogP contribution in [0.3, 0.4) is 0 Å². The van der Waals surface area contributed by atoms with Gasteiger partial charge in [0.1, 0.15) is 7.11 Å². The van der Waals surface area contributed by atoms with Crippen LogP contribution < -0.4 is 0 Å². The molecule has 5 rings (SSSR count). The maximum atomic E-state index is 14.4. The van der Waals surface area contributed by atoms with Gasteiger partial charge in [0, 0.05) is 23.8 Å². The number of ketones is 1. The lowest BCUT2D eigenvalue weighted by molar-refractivity contribution is -0.182. The van der Waals surface area contributed by atoms with Crippen LogP contribution in [-0.2, 0) is 14.4 Å². The van der Waals surface area contributed by atoms with Gasteiger partial charge in [-0.25, -0.2) is 5.06 Å². The molecule has 3 unspecified atom stereocenters. The summed E-state index contributed by atoms with van der Waals surface area (Å²) in [6.07, 6.45) is 10.7. The minimum absolute atomic E-state index is 0.0181. The molecule has 0 aliphatic heterocycles. The molecule has 0 aromatic carbocycles. The molecule has 8 atom stereocenters. The van der Waals surface area contributed by atoms with Crippen molar-refractivity contribution in [1.82, 2.24) is 5.06 Å². The Morgan fingerprint density at radius 3 is 2.32 bits per heavy atom. The second kappa shape index (κ2) is 8.41. The zero-order valence-electron chi connectivity index (χ0n) is 25.2. The molecule has 0 spiro atoms. The molecule has 4 saturated carbocycles. The molecule has 0 aromatic rings. The minimum Gasteiger partial charge on any atom is -0.399 e. The van der Waals surface area contributed by atoms with Crippen molar-refractivity contribution in [3.63, 3.8) is 0 Å². The summed E-state index contributed by atoms with van der Waals surface area (Å²) in [7, 11) is 3.07. The van der Waals surface area contributed by atoms with E-state index in [4.69, 9.17) is 4.84 Å². The fourth-order valence-corrected chi connectivity index (χ4v) is 10.8. The number of oxime groups is 1. The van der Waals surface area contributed by atoms with E-state index >= 15 is 0 Å². The smallest absolute Gasteiger partial charge is 0.251 e. The van der Waals surface area contributed by atoms with Crippen LogP contribution in [0.4, 0.5) is 0 Å². The molecule has 4 fully saturated rings. The summed E-state index contributed by atoms with van der Waals surface area (Å²) in [5, 5.41) is 15.3. The van der Waals surface area contributed by atoms with E-state index in [1.807, 2.05) is 6.92 Å². The zero-order valence-corrected chi connectivity index (χ0v) is 25.2. The highest BCUT2D eigenvalue weighted by Gasteiger charge is 2.70. The molecule has 0 saturated heterocycles. The van der Waals surface area contributed by atoms with E-state index < -0.39 is 5.41 Å². The highest BCUT2D eigenvalue weighted by molar-refractivity contribution is 5.97. The summed E-state index contributed by atoms with van der Waals surface area (Å²) in [5.41, 5.74) is 1.49. The number of hydrogen-bond acceptors (Lipinski definition) is 5. The summed E-state index contributed by atoms with van der Waals surface area (Å²) >= 11 is 0. The lowest BCUT2D eigenvalue weighted by Crippen LogP contribution is -2.66. The summed E-state index contributed by atoms with van der Waals surface area (Å²) in [4.78, 5) is 32.8. The number of allylic oxidation sites excluding steroid dienone is 2. The highest BCUT2D eigenvalue weighted by Crippen LogP contribution is 2.75. The van der Waals surface area contributed by atoms with Crippen molar-refractivity contribution in [2.45, 2.75) is 106 Å². The molecule has 1 N–H and O–H groups in total. The van der Waals surface area contributed by atoms with E-state index in [0.29, 0.717) is 18.1 Å². The summed E-state index contributed by atoms with van der Waals surface area (Å²) in [6, 6.07) is 0. The van der Waals surface area contributed by atoms with Gasteiger partial charge in [0.25, 0.3) is 5.91 Å². The van der Waals surface area contributed by atoms with Crippen LogP contribution in [0.2, 0.25) is 0 Å². The number of fused-ring (bicyclic) bond motifs is 7. The van der Waals surface area contributed by atoms with E-state index in [2.05, 4.69) is 52.8 Å². The number of amides is 1. The number of rotatable bonds is 2. The first-order valence-electron chi connectivity index (χ1n) is 14.8. The highest BCUT2D eigenvalue weighted by atomic mass is 16.6. The lowest BCUT2D eigenvalue weighted by atomic mass is 9.33. The predicted octanol–water partition coefficient (Wildman–Crippen LogP) is 6.82. The second-order valence-corrected chi connectivity index (χ2v) is 15.5. The topological polar surface area (TPSA) is 79.2 Å². The molecule has 0 bridgehead atoms. The quantitative estimate of drug-likeness (QED) is 0.316. The van der Waals surface area contributed by atoms with Crippen LogP contribution in [0.1, 0.15) is 106 Å². The maximum absolute atomic E-state index is 14.4. The van der Waals surface area contributed by atoms with Gasteiger partial charge in [0.15, 0.2) is 5.78 Å². The van der Waals surface area contributed by atoms with Crippen LogP contribution in [0, 0.1) is 50.2 Å². The second-order valence-electron chi connectivity index (χ2n) is 15.5. The van der Waals surface area contributed by atoms with E-state index in [1.165, 1.54) is 12.6 Å². The van der Waals surface area contributed by atoms with Crippen LogP contribution in [-0.4, -0.2) is 41.8 Å². The van der Waals surface area contributed by atoms with Crippen molar-refractivity contribution in [3.05, 3.63) is 11.6 Å². The Kier molecular flexibility index (Phi) is 6.16. The van der Waals surface area contributed by atoms with E-state index in [9.17, 15) is 14.8 Å². The third kappa shape index (κ3) is 3.43. The van der Waals surface area contributed by atoms with Crippen molar-refractivity contribution in [3.8, 4) is 0 Å². The standard InChI is InChI=1S/C32H50N2O4/c1-27(2)23-10-13-32(7)25(30(23,5)12-11-24(27)33-38-9)22(35)18-20-21-19-29(4,26(36)34(8)37)15-14-28(21,3)16-17-31(20,32)6/h18,21,23,25,37H,10-17,19H2,1-9H3/t21?,23?,25?,28-,29+,30+,31-,32-/m1/s1. The first-order chi connectivity index (χ1) is 17.5. The van der Waals surface area contributed by atoms with Crippen molar-refractivity contribution in [1.29, 1.82) is 0 Å². The third-order valence-corrected chi connectivity index (χ3v) is 13.4. The average Bonchev–Trinajstić information content (AvgIpc) is 2.82. The van der Waals surface area contributed by atoms with Crippen LogP contribution in [0.25, 0.3) is 0 Å². The van der Waals surface area contributed by atoms with E-state index in [-0.39, 0.29) is 44.8 Å².